The van der Waals surface area contributed by atoms with Crippen molar-refractivity contribution in [3.05, 3.63) is 69.1 Å². The monoisotopic (exact) mass is 328 g/mol. The van der Waals surface area contributed by atoms with Crippen molar-refractivity contribution in [3.63, 3.8) is 0 Å². The molecule has 0 aliphatic heterocycles. The first kappa shape index (κ1) is 15.2. The number of esters is 1. The smallest absolute Gasteiger partial charge is 0.364 e. The molecule has 0 fully saturated rings. The molecule has 0 aliphatic rings. The summed E-state index contributed by atoms with van der Waals surface area (Å²) in [4.78, 5) is 24.6. The third-order valence-corrected chi connectivity index (χ3v) is 3.72. The molecule has 0 atom stereocenters. The van der Waals surface area contributed by atoms with E-state index in [0.29, 0.717) is 21.5 Å². The molecule has 116 valence electrons. The second kappa shape index (κ2) is 5.85. The number of aryl methyl sites for hydroxylation is 2. The van der Waals surface area contributed by atoms with Gasteiger partial charge in [0.2, 0.25) is 0 Å². The van der Waals surface area contributed by atoms with Crippen LogP contribution < -0.4 is 10.3 Å². The normalized spacial score (nSPS) is 10.7. The van der Waals surface area contributed by atoms with E-state index in [2.05, 4.69) is 5.10 Å². The molecule has 0 saturated carbocycles. The van der Waals surface area contributed by atoms with Gasteiger partial charge < -0.3 is 4.74 Å². The lowest BCUT2D eigenvalue weighted by Gasteiger charge is -2.10. The van der Waals surface area contributed by atoms with Crippen molar-refractivity contribution in [1.82, 2.24) is 9.78 Å². The van der Waals surface area contributed by atoms with Crippen LogP contribution >= 0.6 is 11.6 Å². The molecule has 0 amide bonds. The van der Waals surface area contributed by atoms with Crippen LogP contribution in [0.4, 0.5) is 0 Å². The quantitative estimate of drug-likeness (QED) is 0.535. The number of ether oxygens (including phenoxy) is 1. The standard InChI is InChI=1S/C17H13ClN2O3/c1-10-9-11(18)7-8-14(10)23-17(22)15-12-5-3-4-6-13(12)16(21)20(2)19-15/h3-9H,1-2H3. The second-order valence-electron chi connectivity index (χ2n) is 5.12. The maximum Gasteiger partial charge on any atom is 0.364 e. The average molecular weight is 329 g/mol. The van der Waals surface area contributed by atoms with E-state index < -0.39 is 5.97 Å². The van der Waals surface area contributed by atoms with Gasteiger partial charge in [-0.05, 0) is 36.8 Å². The summed E-state index contributed by atoms with van der Waals surface area (Å²) in [5.41, 5.74) is 0.567. The number of nitrogens with zero attached hydrogens (tertiary/aromatic N) is 2. The van der Waals surface area contributed by atoms with Crippen molar-refractivity contribution in [2.75, 3.05) is 0 Å². The van der Waals surface area contributed by atoms with Crippen LogP contribution in [0.5, 0.6) is 5.75 Å². The Morgan fingerprint density at radius 2 is 1.87 bits per heavy atom. The van der Waals surface area contributed by atoms with Crippen molar-refractivity contribution in [2.24, 2.45) is 7.05 Å². The number of halogens is 1. The van der Waals surface area contributed by atoms with E-state index in [1.165, 1.54) is 7.05 Å². The average Bonchev–Trinajstić information content (AvgIpc) is 2.53. The number of carbonyl (C=O) groups excluding carboxylic acids is 1. The lowest BCUT2D eigenvalue weighted by Crippen LogP contribution is -2.24. The summed E-state index contributed by atoms with van der Waals surface area (Å²) in [5.74, 6) is -0.221. The van der Waals surface area contributed by atoms with Gasteiger partial charge >= 0.3 is 5.97 Å². The van der Waals surface area contributed by atoms with E-state index in [9.17, 15) is 9.59 Å². The van der Waals surface area contributed by atoms with Crippen LogP contribution in [0.3, 0.4) is 0 Å². The van der Waals surface area contributed by atoms with Crippen molar-refractivity contribution >= 4 is 28.3 Å². The molecule has 1 aromatic heterocycles. The number of rotatable bonds is 2. The van der Waals surface area contributed by atoms with Gasteiger partial charge in [-0.3, -0.25) is 4.79 Å². The summed E-state index contributed by atoms with van der Waals surface area (Å²) in [6, 6.07) is 11.8. The first-order valence-corrected chi connectivity index (χ1v) is 7.29. The van der Waals surface area contributed by atoms with Gasteiger partial charge in [0.25, 0.3) is 5.56 Å². The van der Waals surface area contributed by atoms with Crippen LogP contribution in [0, 0.1) is 6.92 Å². The Kier molecular flexibility index (Phi) is 3.88. The molecule has 1 heterocycles. The Morgan fingerprint density at radius 1 is 1.17 bits per heavy atom. The SMILES string of the molecule is Cc1cc(Cl)ccc1OC(=O)c1nn(C)c(=O)c2ccccc12. The largest absolute Gasteiger partial charge is 0.421 e. The molecule has 0 spiro atoms. The number of aromatic nitrogens is 2. The number of hydrogen-bond acceptors (Lipinski definition) is 4. The molecule has 6 heteroatoms. The molecule has 0 radical (unpaired) electrons. The highest BCUT2D eigenvalue weighted by Gasteiger charge is 2.18. The molecule has 0 aliphatic carbocycles. The highest BCUT2D eigenvalue weighted by molar-refractivity contribution is 6.30. The first-order valence-electron chi connectivity index (χ1n) is 6.92. The van der Waals surface area contributed by atoms with Gasteiger partial charge in [0.05, 0.1) is 5.39 Å². The minimum atomic E-state index is -0.623. The molecule has 0 bridgehead atoms. The second-order valence-corrected chi connectivity index (χ2v) is 5.56. The first-order chi connectivity index (χ1) is 11.0. The predicted molar refractivity (Wildman–Crippen MR) is 88.1 cm³/mol. The van der Waals surface area contributed by atoms with Crippen LogP contribution in [0.1, 0.15) is 16.1 Å². The van der Waals surface area contributed by atoms with Crippen molar-refractivity contribution < 1.29 is 9.53 Å². The Balaban J connectivity index is 2.08. The van der Waals surface area contributed by atoms with Crippen LogP contribution in [0.2, 0.25) is 5.02 Å². The highest BCUT2D eigenvalue weighted by Crippen LogP contribution is 2.23. The summed E-state index contributed by atoms with van der Waals surface area (Å²) in [6.07, 6.45) is 0. The van der Waals surface area contributed by atoms with Crippen molar-refractivity contribution in [1.29, 1.82) is 0 Å². The Morgan fingerprint density at radius 3 is 2.57 bits per heavy atom. The summed E-state index contributed by atoms with van der Waals surface area (Å²) >= 11 is 5.90. The van der Waals surface area contributed by atoms with E-state index in [-0.39, 0.29) is 11.3 Å². The molecular weight excluding hydrogens is 316 g/mol. The van der Waals surface area contributed by atoms with Gasteiger partial charge in [-0.15, -0.1) is 0 Å². The molecule has 3 aromatic rings. The Hall–Kier alpha value is -2.66. The van der Waals surface area contributed by atoms with Gasteiger partial charge in [0, 0.05) is 17.5 Å². The van der Waals surface area contributed by atoms with Crippen molar-refractivity contribution in [3.8, 4) is 5.75 Å². The van der Waals surface area contributed by atoms with E-state index >= 15 is 0 Å². The Labute approximate surface area is 137 Å². The van der Waals surface area contributed by atoms with Crippen LogP contribution in [0.25, 0.3) is 10.8 Å². The molecule has 0 saturated heterocycles. The lowest BCUT2D eigenvalue weighted by molar-refractivity contribution is 0.0727. The lowest BCUT2D eigenvalue weighted by atomic mass is 10.1. The molecule has 2 aromatic carbocycles. The minimum absolute atomic E-state index is 0.0945. The summed E-state index contributed by atoms with van der Waals surface area (Å²) in [6.45, 7) is 1.79. The number of hydrogen-bond donors (Lipinski definition) is 0. The molecule has 5 nitrogen and oxygen atoms in total. The summed E-state index contributed by atoms with van der Waals surface area (Å²) in [7, 11) is 1.50. The number of carbonyl (C=O) groups is 1. The third kappa shape index (κ3) is 2.83. The van der Waals surface area contributed by atoms with Crippen LogP contribution in [-0.4, -0.2) is 15.7 Å². The zero-order valence-electron chi connectivity index (χ0n) is 12.5. The molecule has 0 N–H and O–H groups in total. The van der Waals surface area contributed by atoms with E-state index in [4.69, 9.17) is 16.3 Å². The fraction of sp³-hybridized carbons (Fsp3) is 0.118. The fourth-order valence-corrected chi connectivity index (χ4v) is 2.55. The summed E-state index contributed by atoms with van der Waals surface area (Å²) < 4.78 is 6.55. The number of fused-ring (bicyclic) bond motifs is 1. The highest BCUT2D eigenvalue weighted by atomic mass is 35.5. The zero-order valence-corrected chi connectivity index (χ0v) is 13.3. The maximum absolute atomic E-state index is 12.5. The van der Waals surface area contributed by atoms with Crippen LogP contribution in [0.15, 0.2) is 47.3 Å². The minimum Gasteiger partial charge on any atom is -0.421 e. The topological polar surface area (TPSA) is 61.2 Å². The van der Waals surface area contributed by atoms with Crippen molar-refractivity contribution in [2.45, 2.75) is 6.92 Å². The van der Waals surface area contributed by atoms with E-state index in [1.54, 1.807) is 49.4 Å². The Bertz CT molecular complexity index is 979. The molecule has 0 unspecified atom stereocenters. The van der Waals surface area contributed by atoms with Gasteiger partial charge in [0.1, 0.15) is 5.75 Å². The fourth-order valence-electron chi connectivity index (χ4n) is 2.33. The molecular formula is C17H13ClN2O3. The van der Waals surface area contributed by atoms with E-state index in [1.807, 2.05) is 0 Å². The third-order valence-electron chi connectivity index (χ3n) is 3.49. The summed E-state index contributed by atoms with van der Waals surface area (Å²) in [5, 5.41) is 5.50. The predicted octanol–water partition coefficient (Wildman–Crippen LogP) is 3.11. The molecule has 3 rings (SSSR count). The van der Waals surface area contributed by atoms with E-state index in [0.717, 1.165) is 10.2 Å². The molecule has 23 heavy (non-hydrogen) atoms. The zero-order chi connectivity index (χ0) is 16.6. The maximum atomic E-state index is 12.5. The van der Waals surface area contributed by atoms with Gasteiger partial charge in [0.15, 0.2) is 5.69 Å². The van der Waals surface area contributed by atoms with Gasteiger partial charge in [-0.2, -0.15) is 5.10 Å². The van der Waals surface area contributed by atoms with Gasteiger partial charge in [-0.25, -0.2) is 9.48 Å². The van der Waals surface area contributed by atoms with Gasteiger partial charge in [-0.1, -0.05) is 29.8 Å². The number of benzene rings is 2. The van der Waals surface area contributed by atoms with Crippen LogP contribution in [-0.2, 0) is 7.05 Å².